The second-order valence-electron chi connectivity index (χ2n) is 4.27. The van der Waals surface area contributed by atoms with Crippen molar-refractivity contribution >= 4 is 29.0 Å². The summed E-state index contributed by atoms with van der Waals surface area (Å²) >= 11 is 12.4. The second kappa shape index (κ2) is 6.22. The number of anilines is 1. The van der Waals surface area contributed by atoms with E-state index in [0.29, 0.717) is 15.9 Å². The van der Waals surface area contributed by atoms with Gasteiger partial charge in [0.15, 0.2) is 0 Å². The summed E-state index contributed by atoms with van der Waals surface area (Å²) in [6.07, 6.45) is 4.53. The van der Waals surface area contributed by atoms with E-state index in [-0.39, 0.29) is 0 Å². The zero-order valence-electron chi connectivity index (χ0n) is 10.9. The Morgan fingerprint density at radius 3 is 2.74 bits per heavy atom. The highest BCUT2D eigenvalue weighted by atomic mass is 35.5. The van der Waals surface area contributed by atoms with Crippen LogP contribution < -0.4 is 5.32 Å². The van der Waals surface area contributed by atoms with Gasteiger partial charge in [0.25, 0.3) is 0 Å². The van der Waals surface area contributed by atoms with Crippen LogP contribution in [0.2, 0.25) is 10.0 Å². The van der Waals surface area contributed by atoms with E-state index in [1.165, 1.54) is 0 Å². The van der Waals surface area contributed by atoms with Gasteiger partial charge in [-0.3, -0.25) is 4.98 Å². The summed E-state index contributed by atoms with van der Waals surface area (Å²) < 4.78 is 0. The highest BCUT2D eigenvalue weighted by Gasteiger charge is 2.12. The molecule has 0 aromatic carbocycles. The summed E-state index contributed by atoms with van der Waals surface area (Å²) in [6.45, 7) is 4.89. The van der Waals surface area contributed by atoms with Gasteiger partial charge in [0.1, 0.15) is 5.82 Å². The van der Waals surface area contributed by atoms with Gasteiger partial charge in [0.05, 0.1) is 15.7 Å². The Labute approximate surface area is 123 Å². The van der Waals surface area contributed by atoms with E-state index >= 15 is 0 Å². The van der Waals surface area contributed by atoms with Crippen LogP contribution in [0.1, 0.15) is 18.9 Å². The number of aryl methyl sites for hydroxylation is 1. The molecule has 5 heteroatoms. The van der Waals surface area contributed by atoms with Crippen LogP contribution in [-0.2, 0) is 0 Å². The molecule has 0 aliphatic carbocycles. The van der Waals surface area contributed by atoms with Crippen LogP contribution in [0.3, 0.4) is 0 Å². The van der Waals surface area contributed by atoms with Gasteiger partial charge in [-0.1, -0.05) is 30.1 Å². The molecule has 2 rings (SSSR count). The molecule has 0 amide bonds. The lowest BCUT2D eigenvalue weighted by molar-refractivity contribution is 0.970. The third-order valence-electron chi connectivity index (χ3n) is 2.75. The molecule has 0 spiro atoms. The van der Waals surface area contributed by atoms with E-state index < -0.39 is 0 Å². The van der Waals surface area contributed by atoms with Crippen molar-refractivity contribution in [3.8, 4) is 11.3 Å². The molecule has 100 valence electrons. The van der Waals surface area contributed by atoms with Crippen LogP contribution >= 0.6 is 23.2 Å². The van der Waals surface area contributed by atoms with Crippen molar-refractivity contribution in [1.82, 2.24) is 9.97 Å². The fourth-order valence-corrected chi connectivity index (χ4v) is 2.29. The van der Waals surface area contributed by atoms with Gasteiger partial charge >= 0.3 is 0 Å². The van der Waals surface area contributed by atoms with Crippen molar-refractivity contribution in [2.24, 2.45) is 0 Å². The Kier molecular flexibility index (Phi) is 4.61. The van der Waals surface area contributed by atoms with Gasteiger partial charge in [-0.15, -0.1) is 0 Å². The Hall–Kier alpha value is -1.32. The Balaban J connectivity index is 2.48. The van der Waals surface area contributed by atoms with Crippen LogP contribution in [0.4, 0.5) is 5.82 Å². The fourth-order valence-electron chi connectivity index (χ4n) is 1.76. The molecule has 0 aliphatic rings. The predicted molar refractivity (Wildman–Crippen MR) is 81.0 cm³/mol. The van der Waals surface area contributed by atoms with E-state index in [0.717, 1.165) is 29.8 Å². The monoisotopic (exact) mass is 295 g/mol. The maximum Gasteiger partial charge on any atom is 0.145 e. The Morgan fingerprint density at radius 1 is 1.26 bits per heavy atom. The number of hydrogen-bond donors (Lipinski definition) is 1. The lowest BCUT2D eigenvalue weighted by atomic mass is 10.1. The molecular formula is C14H15Cl2N3. The van der Waals surface area contributed by atoms with Crippen molar-refractivity contribution in [2.45, 2.75) is 20.3 Å². The zero-order valence-corrected chi connectivity index (χ0v) is 12.4. The average molecular weight is 296 g/mol. The molecule has 0 aliphatic heterocycles. The average Bonchev–Trinajstić information content (AvgIpc) is 2.39. The van der Waals surface area contributed by atoms with E-state index in [2.05, 4.69) is 22.2 Å². The molecule has 2 aromatic rings. The standard InChI is InChI=1S/C14H15Cl2N3/c1-3-5-18-14-12(16)7-11(15)13(19-14)10-4-6-17-8-9(10)2/h4,6-8H,3,5H2,1-2H3,(H,18,19). The lowest BCUT2D eigenvalue weighted by Gasteiger charge is -2.12. The van der Waals surface area contributed by atoms with Crippen molar-refractivity contribution < 1.29 is 0 Å². The van der Waals surface area contributed by atoms with E-state index in [9.17, 15) is 0 Å². The van der Waals surface area contributed by atoms with Gasteiger partial charge in [-0.2, -0.15) is 0 Å². The molecular weight excluding hydrogens is 281 g/mol. The number of aromatic nitrogens is 2. The number of nitrogens with zero attached hydrogens (tertiary/aromatic N) is 2. The number of nitrogens with one attached hydrogen (secondary N) is 1. The highest BCUT2D eigenvalue weighted by molar-refractivity contribution is 6.37. The van der Waals surface area contributed by atoms with Crippen LogP contribution in [0.15, 0.2) is 24.5 Å². The molecule has 0 atom stereocenters. The summed E-state index contributed by atoms with van der Waals surface area (Å²) in [6, 6.07) is 3.63. The van der Waals surface area contributed by atoms with Crippen molar-refractivity contribution in [1.29, 1.82) is 0 Å². The minimum Gasteiger partial charge on any atom is -0.369 e. The smallest absolute Gasteiger partial charge is 0.145 e. The van der Waals surface area contributed by atoms with Crippen molar-refractivity contribution in [3.05, 3.63) is 40.1 Å². The van der Waals surface area contributed by atoms with E-state index in [1.54, 1.807) is 18.5 Å². The first-order valence-electron chi connectivity index (χ1n) is 6.14. The van der Waals surface area contributed by atoms with Crippen molar-refractivity contribution in [3.63, 3.8) is 0 Å². The lowest BCUT2D eigenvalue weighted by Crippen LogP contribution is -2.04. The Morgan fingerprint density at radius 2 is 2.05 bits per heavy atom. The molecule has 2 heterocycles. The molecule has 0 unspecified atom stereocenters. The first-order valence-corrected chi connectivity index (χ1v) is 6.90. The molecule has 0 radical (unpaired) electrons. The summed E-state index contributed by atoms with van der Waals surface area (Å²) in [7, 11) is 0. The quantitative estimate of drug-likeness (QED) is 0.897. The van der Waals surface area contributed by atoms with Gasteiger partial charge in [0.2, 0.25) is 0 Å². The van der Waals surface area contributed by atoms with Gasteiger partial charge in [-0.25, -0.2) is 4.98 Å². The largest absolute Gasteiger partial charge is 0.369 e. The molecule has 0 saturated carbocycles. The maximum absolute atomic E-state index is 6.25. The number of pyridine rings is 2. The molecule has 2 aromatic heterocycles. The highest BCUT2D eigenvalue weighted by Crippen LogP contribution is 2.33. The zero-order chi connectivity index (χ0) is 13.8. The van der Waals surface area contributed by atoms with Crippen molar-refractivity contribution in [2.75, 3.05) is 11.9 Å². The molecule has 19 heavy (non-hydrogen) atoms. The van der Waals surface area contributed by atoms with Crippen LogP contribution in [0, 0.1) is 6.92 Å². The topological polar surface area (TPSA) is 37.8 Å². The third kappa shape index (κ3) is 3.17. The van der Waals surface area contributed by atoms with Crippen LogP contribution in [-0.4, -0.2) is 16.5 Å². The molecule has 0 saturated heterocycles. The normalized spacial score (nSPS) is 10.5. The second-order valence-corrected chi connectivity index (χ2v) is 5.08. The maximum atomic E-state index is 6.25. The minimum atomic E-state index is 0.536. The van der Waals surface area contributed by atoms with Crippen LogP contribution in [0.25, 0.3) is 11.3 Å². The summed E-state index contributed by atoms with van der Waals surface area (Å²) in [5.41, 5.74) is 2.72. The SMILES string of the molecule is CCCNc1nc(-c2ccncc2C)c(Cl)cc1Cl. The predicted octanol–water partition coefficient (Wildman–Crippen LogP) is 4.58. The Bertz CT molecular complexity index is 585. The fraction of sp³-hybridized carbons (Fsp3) is 0.286. The molecule has 0 bridgehead atoms. The summed E-state index contributed by atoms with van der Waals surface area (Å²) in [4.78, 5) is 8.61. The van der Waals surface area contributed by atoms with Gasteiger partial charge < -0.3 is 5.32 Å². The number of hydrogen-bond acceptors (Lipinski definition) is 3. The first kappa shape index (κ1) is 14.1. The molecule has 1 N–H and O–H groups in total. The molecule has 0 fully saturated rings. The summed E-state index contributed by atoms with van der Waals surface area (Å²) in [5.74, 6) is 0.666. The van der Waals surface area contributed by atoms with Gasteiger partial charge in [0, 0.05) is 24.5 Å². The summed E-state index contributed by atoms with van der Waals surface area (Å²) in [5, 5.41) is 4.28. The third-order valence-corrected chi connectivity index (χ3v) is 3.32. The molecule has 3 nitrogen and oxygen atoms in total. The number of rotatable bonds is 4. The first-order chi connectivity index (χ1) is 9.13. The minimum absolute atomic E-state index is 0.536. The number of halogens is 2. The van der Waals surface area contributed by atoms with E-state index in [4.69, 9.17) is 23.2 Å². The van der Waals surface area contributed by atoms with E-state index in [1.807, 2.05) is 13.0 Å². The van der Waals surface area contributed by atoms with Gasteiger partial charge in [-0.05, 0) is 31.0 Å². The van der Waals surface area contributed by atoms with Crippen LogP contribution in [0.5, 0.6) is 0 Å².